The Kier molecular flexibility index (Phi) is 5.29. The van der Waals surface area contributed by atoms with Gasteiger partial charge in [-0.2, -0.15) is 0 Å². The Morgan fingerprint density at radius 1 is 1.32 bits per heavy atom. The molecule has 1 aliphatic heterocycles. The highest BCUT2D eigenvalue weighted by molar-refractivity contribution is 7.15. The second-order valence-electron chi connectivity index (χ2n) is 7.60. The van der Waals surface area contributed by atoms with Gasteiger partial charge in [0.05, 0.1) is 0 Å². The van der Waals surface area contributed by atoms with Gasteiger partial charge < -0.3 is 9.47 Å². The third kappa shape index (κ3) is 4.27. The van der Waals surface area contributed by atoms with Gasteiger partial charge >= 0.3 is 0 Å². The van der Waals surface area contributed by atoms with Crippen molar-refractivity contribution < 1.29 is 14.3 Å². The fraction of sp³-hybridized carbons (Fsp3) is 0.526. The lowest BCUT2D eigenvalue weighted by atomic mass is 10.1. The van der Waals surface area contributed by atoms with Crippen molar-refractivity contribution in [3.63, 3.8) is 0 Å². The molecular formula is C19H21Cl2N3O3S. The van der Waals surface area contributed by atoms with Crippen LogP contribution in [0.2, 0.25) is 0 Å². The zero-order chi connectivity index (χ0) is 19.9. The maximum Gasteiger partial charge on any atom is 0.269 e. The largest absolute Gasteiger partial charge is 0.478 e. The van der Waals surface area contributed by atoms with Crippen molar-refractivity contribution >= 4 is 45.6 Å². The number of amides is 1. The van der Waals surface area contributed by atoms with Crippen molar-refractivity contribution in [3.8, 4) is 5.75 Å². The second kappa shape index (κ2) is 7.44. The molecule has 2 aromatic rings. The number of anilines is 1. The molecule has 9 heteroatoms. The highest BCUT2D eigenvalue weighted by Gasteiger charge is 2.52. The number of halogens is 2. The van der Waals surface area contributed by atoms with Crippen molar-refractivity contribution in [3.05, 3.63) is 34.8 Å². The monoisotopic (exact) mass is 441 g/mol. The van der Waals surface area contributed by atoms with E-state index in [0.29, 0.717) is 10.9 Å². The van der Waals surface area contributed by atoms with Gasteiger partial charge in [-0.05, 0) is 50.8 Å². The molecule has 6 nitrogen and oxygen atoms in total. The first kappa shape index (κ1) is 19.9. The van der Waals surface area contributed by atoms with Crippen LogP contribution in [0, 0.1) is 0 Å². The Hall–Kier alpha value is -1.41. The van der Waals surface area contributed by atoms with E-state index in [1.165, 1.54) is 11.3 Å². The number of nitrogens with one attached hydrogen (secondary N) is 1. The Morgan fingerprint density at radius 3 is 2.64 bits per heavy atom. The number of hydrogen-bond donors (Lipinski definition) is 1. The molecule has 150 valence electrons. The molecule has 2 heterocycles. The summed E-state index contributed by atoms with van der Waals surface area (Å²) < 4.78 is 10.8. The van der Waals surface area contributed by atoms with Crippen molar-refractivity contribution in [2.75, 3.05) is 11.9 Å². The number of nitrogens with zero attached hydrogens (tertiary/aromatic N) is 2. The maximum atomic E-state index is 12.7. The summed E-state index contributed by atoms with van der Waals surface area (Å²) in [5.41, 5.74) is -0.0189. The van der Waals surface area contributed by atoms with Crippen LogP contribution in [0.5, 0.6) is 5.75 Å². The van der Waals surface area contributed by atoms with Gasteiger partial charge in [0, 0.05) is 12.5 Å². The Bertz CT molecular complexity index is 864. The molecule has 0 unspecified atom stereocenters. The van der Waals surface area contributed by atoms with E-state index in [0.717, 1.165) is 36.4 Å². The van der Waals surface area contributed by atoms with Gasteiger partial charge in [0.2, 0.25) is 5.13 Å². The van der Waals surface area contributed by atoms with Crippen LogP contribution in [0.15, 0.2) is 24.3 Å². The van der Waals surface area contributed by atoms with Gasteiger partial charge in [-0.15, -0.1) is 33.4 Å². The number of carbonyl (C=O) groups is 1. The summed E-state index contributed by atoms with van der Waals surface area (Å²) in [5, 5.41) is 12.2. The molecule has 1 amide bonds. The molecule has 1 aromatic carbocycles. The molecule has 1 aliphatic carbocycles. The van der Waals surface area contributed by atoms with Crippen LogP contribution >= 0.6 is 34.5 Å². The molecule has 2 fully saturated rings. The number of alkyl halides is 2. The fourth-order valence-corrected chi connectivity index (χ4v) is 4.50. The van der Waals surface area contributed by atoms with E-state index >= 15 is 0 Å². The van der Waals surface area contributed by atoms with Crippen molar-refractivity contribution in [1.29, 1.82) is 0 Å². The summed E-state index contributed by atoms with van der Waals surface area (Å²) in [7, 11) is 0. The standard InChI is InChI=1S/C19H21Cl2N3O3S/c1-18(2,27-12-7-5-11(6-8-12)13-10-19(13,20)21)16(25)22-17-24-23-15(28-17)14-4-3-9-26-14/h5-8,13-14H,3-4,9-10H2,1-2H3,(H,22,24,25)/t13-,14+/m0/s1. The van der Waals surface area contributed by atoms with E-state index in [-0.39, 0.29) is 17.9 Å². The predicted octanol–water partition coefficient (Wildman–Crippen LogP) is 4.85. The zero-order valence-corrected chi connectivity index (χ0v) is 17.9. The van der Waals surface area contributed by atoms with Gasteiger partial charge in [-0.25, -0.2) is 0 Å². The highest BCUT2D eigenvalue weighted by atomic mass is 35.5. The minimum Gasteiger partial charge on any atom is -0.478 e. The summed E-state index contributed by atoms with van der Waals surface area (Å²) >= 11 is 13.6. The molecule has 0 bridgehead atoms. The van der Waals surface area contributed by atoms with Crippen LogP contribution in [0.3, 0.4) is 0 Å². The number of rotatable bonds is 6. The molecule has 1 saturated heterocycles. The van der Waals surface area contributed by atoms with E-state index in [9.17, 15) is 4.79 Å². The molecule has 2 aliphatic rings. The van der Waals surface area contributed by atoms with E-state index < -0.39 is 9.93 Å². The third-order valence-electron chi connectivity index (χ3n) is 4.89. The van der Waals surface area contributed by atoms with E-state index in [4.69, 9.17) is 32.7 Å². The quantitative estimate of drug-likeness (QED) is 0.648. The average molecular weight is 442 g/mol. The van der Waals surface area contributed by atoms with Crippen LogP contribution in [-0.2, 0) is 9.53 Å². The number of benzene rings is 1. The maximum absolute atomic E-state index is 12.7. The summed E-state index contributed by atoms with van der Waals surface area (Å²) in [6.07, 6.45) is 2.68. The minimum atomic E-state index is -1.08. The van der Waals surface area contributed by atoms with Gasteiger partial charge in [-0.3, -0.25) is 10.1 Å². The molecule has 4 rings (SSSR count). The number of aromatic nitrogens is 2. The molecule has 0 spiro atoms. The number of ether oxygens (including phenoxy) is 2. The number of carbonyl (C=O) groups excluding carboxylic acids is 1. The minimum absolute atomic E-state index is 0.0166. The van der Waals surface area contributed by atoms with Gasteiger partial charge in [0.25, 0.3) is 5.91 Å². The van der Waals surface area contributed by atoms with Gasteiger partial charge in [0.15, 0.2) is 5.60 Å². The second-order valence-corrected chi connectivity index (χ2v) is 10.2. The van der Waals surface area contributed by atoms with Gasteiger partial charge in [-0.1, -0.05) is 23.5 Å². The number of hydrogen-bond acceptors (Lipinski definition) is 6. The van der Waals surface area contributed by atoms with Crippen LogP contribution in [-0.4, -0.2) is 32.6 Å². The average Bonchev–Trinajstić information content (AvgIpc) is 3.07. The lowest BCUT2D eigenvalue weighted by Gasteiger charge is -2.24. The smallest absolute Gasteiger partial charge is 0.269 e. The fourth-order valence-electron chi connectivity index (χ4n) is 3.12. The zero-order valence-electron chi connectivity index (χ0n) is 15.6. The van der Waals surface area contributed by atoms with Crippen LogP contribution in [0.4, 0.5) is 5.13 Å². The SMILES string of the molecule is CC(C)(Oc1ccc([C@@H]2CC2(Cl)Cl)cc1)C(=O)Nc1nnc([C@H]2CCCO2)s1. The van der Waals surface area contributed by atoms with Crippen molar-refractivity contribution in [2.45, 2.75) is 55.1 Å². The van der Waals surface area contributed by atoms with Crippen molar-refractivity contribution in [1.82, 2.24) is 10.2 Å². The van der Waals surface area contributed by atoms with Crippen molar-refractivity contribution in [2.24, 2.45) is 0 Å². The lowest BCUT2D eigenvalue weighted by molar-refractivity contribution is -0.128. The summed E-state index contributed by atoms with van der Waals surface area (Å²) in [6, 6.07) is 7.51. The molecule has 28 heavy (non-hydrogen) atoms. The van der Waals surface area contributed by atoms with Crippen LogP contribution in [0.1, 0.15) is 55.7 Å². The molecule has 2 atom stereocenters. The summed E-state index contributed by atoms with van der Waals surface area (Å²) in [5.74, 6) is 0.447. The Balaban J connectivity index is 1.36. The molecular weight excluding hydrogens is 421 g/mol. The topological polar surface area (TPSA) is 73.3 Å². The van der Waals surface area contributed by atoms with E-state index in [1.807, 2.05) is 24.3 Å². The van der Waals surface area contributed by atoms with Crippen LogP contribution in [0.25, 0.3) is 0 Å². The normalized spacial score (nSPS) is 23.4. The highest BCUT2D eigenvalue weighted by Crippen LogP contribution is 2.59. The predicted molar refractivity (Wildman–Crippen MR) is 109 cm³/mol. The Labute approximate surface area is 177 Å². The van der Waals surface area contributed by atoms with E-state index in [2.05, 4.69) is 15.5 Å². The van der Waals surface area contributed by atoms with Crippen LogP contribution < -0.4 is 10.1 Å². The third-order valence-corrected chi connectivity index (χ3v) is 6.66. The van der Waals surface area contributed by atoms with E-state index in [1.54, 1.807) is 13.8 Å². The molecule has 0 radical (unpaired) electrons. The lowest BCUT2D eigenvalue weighted by Crippen LogP contribution is -2.42. The molecule has 1 aromatic heterocycles. The summed E-state index contributed by atoms with van der Waals surface area (Å²) in [6.45, 7) is 4.16. The van der Waals surface area contributed by atoms with Gasteiger partial charge in [0.1, 0.15) is 21.2 Å². The summed E-state index contributed by atoms with van der Waals surface area (Å²) in [4.78, 5) is 12.7. The Morgan fingerprint density at radius 2 is 2.04 bits per heavy atom. The molecule has 1 saturated carbocycles. The first-order valence-electron chi connectivity index (χ1n) is 9.18. The first-order valence-corrected chi connectivity index (χ1v) is 10.8. The first-order chi connectivity index (χ1) is 13.2. The molecule has 1 N–H and O–H groups in total.